The lowest BCUT2D eigenvalue weighted by molar-refractivity contribution is 0.0939. The van der Waals surface area contributed by atoms with Gasteiger partial charge >= 0.3 is 0 Å². The molecule has 0 radical (unpaired) electrons. The monoisotopic (exact) mass is 393 g/mol. The van der Waals surface area contributed by atoms with Crippen LogP contribution in [0.2, 0.25) is 0 Å². The van der Waals surface area contributed by atoms with Crippen molar-refractivity contribution < 1.29 is 18.1 Å². The molecule has 6 nitrogen and oxygen atoms in total. The van der Waals surface area contributed by atoms with Crippen molar-refractivity contribution in [2.45, 2.75) is 32.7 Å². The topological polar surface area (TPSA) is 81.2 Å². The molecule has 0 spiro atoms. The van der Waals surface area contributed by atoms with Gasteiger partial charge < -0.3 is 14.3 Å². The van der Waals surface area contributed by atoms with Crippen LogP contribution in [0.15, 0.2) is 57.7 Å². The van der Waals surface area contributed by atoms with E-state index in [9.17, 15) is 9.18 Å². The Morgan fingerprint density at radius 3 is 2.76 bits per heavy atom. The van der Waals surface area contributed by atoms with Crippen molar-refractivity contribution in [2.75, 3.05) is 0 Å². The van der Waals surface area contributed by atoms with Gasteiger partial charge in [-0.05, 0) is 62.7 Å². The van der Waals surface area contributed by atoms with E-state index in [0.29, 0.717) is 27.9 Å². The van der Waals surface area contributed by atoms with Gasteiger partial charge in [-0.3, -0.25) is 4.79 Å². The third-order valence-electron chi connectivity index (χ3n) is 4.78. The first-order valence-electron chi connectivity index (χ1n) is 9.37. The maximum atomic E-state index is 13.3. The molecule has 3 aromatic heterocycles. The summed E-state index contributed by atoms with van der Waals surface area (Å²) in [6.07, 6.45) is 3.10. The number of hydrogen-bond acceptors (Lipinski definition) is 5. The standard InChI is InChI=1S/C22H20FN3O3/c1-13(5-10-17-4-3-11-28-17)24-21(27)18-12-19(15-6-8-16(23)9-7-15)25-22-20(18)14(2)26-29-22/h3-4,6-9,11-13H,5,10H2,1-2H3,(H,24,27)/t13-/m0/s1. The molecule has 0 bridgehead atoms. The van der Waals surface area contributed by atoms with Crippen molar-refractivity contribution in [1.82, 2.24) is 15.5 Å². The van der Waals surface area contributed by atoms with E-state index in [0.717, 1.165) is 18.6 Å². The molecule has 0 aliphatic heterocycles. The van der Waals surface area contributed by atoms with Gasteiger partial charge in [-0.1, -0.05) is 5.16 Å². The average Bonchev–Trinajstić information content (AvgIpc) is 3.36. The van der Waals surface area contributed by atoms with Gasteiger partial charge in [0.1, 0.15) is 11.6 Å². The number of carbonyl (C=O) groups excluding carboxylic acids is 1. The van der Waals surface area contributed by atoms with Crippen LogP contribution < -0.4 is 5.32 Å². The number of amides is 1. The molecule has 148 valence electrons. The molecule has 1 N–H and O–H groups in total. The Hall–Kier alpha value is -3.48. The van der Waals surface area contributed by atoms with Gasteiger partial charge in [0.25, 0.3) is 11.6 Å². The normalized spacial score (nSPS) is 12.2. The van der Waals surface area contributed by atoms with Crippen molar-refractivity contribution in [1.29, 1.82) is 0 Å². The average molecular weight is 393 g/mol. The summed E-state index contributed by atoms with van der Waals surface area (Å²) >= 11 is 0. The number of carbonyl (C=O) groups is 1. The van der Waals surface area contributed by atoms with Gasteiger partial charge in [0.05, 0.1) is 28.6 Å². The number of aromatic nitrogens is 2. The molecule has 4 rings (SSSR count). The first kappa shape index (κ1) is 18.9. The Bertz CT molecular complexity index is 1130. The first-order valence-corrected chi connectivity index (χ1v) is 9.37. The molecule has 0 unspecified atom stereocenters. The number of rotatable bonds is 6. The van der Waals surface area contributed by atoms with E-state index < -0.39 is 0 Å². The Balaban J connectivity index is 1.61. The summed E-state index contributed by atoms with van der Waals surface area (Å²) in [4.78, 5) is 17.5. The largest absolute Gasteiger partial charge is 0.469 e. The lowest BCUT2D eigenvalue weighted by atomic mass is 10.0. The summed E-state index contributed by atoms with van der Waals surface area (Å²) in [5.74, 6) is 0.304. The van der Waals surface area contributed by atoms with Crippen molar-refractivity contribution in [3.63, 3.8) is 0 Å². The van der Waals surface area contributed by atoms with Crippen molar-refractivity contribution in [2.24, 2.45) is 0 Å². The predicted molar refractivity (Wildman–Crippen MR) is 106 cm³/mol. The van der Waals surface area contributed by atoms with Crippen LogP contribution in [0.5, 0.6) is 0 Å². The van der Waals surface area contributed by atoms with Crippen LogP contribution in [-0.4, -0.2) is 22.1 Å². The molecule has 29 heavy (non-hydrogen) atoms. The van der Waals surface area contributed by atoms with Crippen LogP contribution in [0, 0.1) is 12.7 Å². The number of pyridine rings is 1. The van der Waals surface area contributed by atoms with Crippen LogP contribution in [-0.2, 0) is 6.42 Å². The number of hydrogen-bond donors (Lipinski definition) is 1. The van der Waals surface area contributed by atoms with E-state index in [1.807, 2.05) is 19.1 Å². The number of furan rings is 1. The van der Waals surface area contributed by atoms with Crippen LogP contribution in [0.3, 0.4) is 0 Å². The zero-order valence-corrected chi connectivity index (χ0v) is 16.1. The van der Waals surface area contributed by atoms with Crippen molar-refractivity contribution >= 4 is 17.0 Å². The number of aryl methyl sites for hydroxylation is 2. The molecule has 1 aromatic carbocycles. The molecule has 4 aromatic rings. The van der Waals surface area contributed by atoms with Gasteiger partial charge in [0.15, 0.2) is 0 Å². The van der Waals surface area contributed by atoms with Crippen LogP contribution in [0.25, 0.3) is 22.4 Å². The van der Waals surface area contributed by atoms with E-state index in [1.165, 1.54) is 12.1 Å². The van der Waals surface area contributed by atoms with E-state index in [4.69, 9.17) is 8.94 Å². The fourth-order valence-electron chi connectivity index (χ4n) is 3.23. The summed E-state index contributed by atoms with van der Waals surface area (Å²) < 4.78 is 23.9. The van der Waals surface area contributed by atoms with E-state index in [-0.39, 0.29) is 23.5 Å². The fraction of sp³-hybridized carbons (Fsp3) is 0.227. The van der Waals surface area contributed by atoms with E-state index in [1.54, 1.807) is 31.4 Å². The molecule has 0 aliphatic rings. The van der Waals surface area contributed by atoms with Crippen LogP contribution in [0.4, 0.5) is 4.39 Å². The van der Waals surface area contributed by atoms with Gasteiger partial charge in [-0.25, -0.2) is 9.37 Å². The smallest absolute Gasteiger partial charge is 0.259 e. The summed E-state index contributed by atoms with van der Waals surface area (Å²) in [6, 6.07) is 11.3. The summed E-state index contributed by atoms with van der Waals surface area (Å²) in [7, 11) is 0. The highest BCUT2D eigenvalue weighted by Gasteiger charge is 2.20. The van der Waals surface area contributed by atoms with Crippen molar-refractivity contribution in [3.8, 4) is 11.3 Å². The van der Waals surface area contributed by atoms with Crippen molar-refractivity contribution in [3.05, 3.63) is 71.6 Å². The third-order valence-corrected chi connectivity index (χ3v) is 4.78. The van der Waals surface area contributed by atoms with Gasteiger partial charge in [0, 0.05) is 18.0 Å². The minimum Gasteiger partial charge on any atom is -0.469 e. The van der Waals surface area contributed by atoms with E-state index >= 15 is 0 Å². The second-order valence-electron chi connectivity index (χ2n) is 7.00. The lowest BCUT2D eigenvalue weighted by Crippen LogP contribution is -2.33. The molecule has 0 saturated heterocycles. The predicted octanol–water partition coefficient (Wildman–Crippen LogP) is 4.68. The number of halogens is 1. The molecule has 1 atom stereocenters. The highest BCUT2D eigenvalue weighted by molar-refractivity contribution is 6.07. The van der Waals surface area contributed by atoms with Gasteiger partial charge in [0.2, 0.25) is 0 Å². The maximum absolute atomic E-state index is 13.3. The summed E-state index contributed by atoms with van der Waals surface area (Å²) in [6.45, 7) is 3.71. The Morgan fingerprint density at radius 1 is 1.24 bits per heavy atom. The Kier molecular flexibility index (Phi) is 5.12. The minimum atomic E-state index is -0.339. The lowest BCUT2D eigenvalue weighted by Gasteiger charge is -2.14. The van der Waals surface area contributed by atoms with E-state index in [2.05, 4.69) is 15.5 Å². The zero-order chi connectivity index (χ0) is 20.4. The first-order chi connectivity index (χ1) is 14.0. The highest BCUT2D eigenvalue weighted by Crippen LogP contribution is 2.27. The molecule has 0 fully saturated rings. The molecule has 0 saturated carbocycles. The molecular weight excluding hydrogens is 373 g/mol. The second-order valence-corrected chi connectivity index (χ2v) is 7.00. The Labute approximate surface area is 166 Å². The van der Waals surface area contributed by atoms with Gasteiger partial charge in [-0.2, -0.15) is 0 Å². The minimum absolute atomic E-state index is 0.0646. The third kappa shape index (κ3) is 4.03. The fourth-order valence-corrected chi connectivity index (χ4v) is 3.23. The number of benzene rings is 1. The number of nitrogens with zero attached hydrogens (tertiary/aromatic N) is 2. The number of fused-ring (bicyclic) bond motifs is 1. The highest BCUT2D eigenvalue weighted by atomic mass is 19.1. The quantitative estimate of drug-likeness (QED) is 0.514. The zero-order valence-electron chi connectivity index (χ0n) is 16.1. The molecule has 7 heteroatoms. The van der Waals surface area contributed by atoms with Crippen LogP contribution >= 0.6 is 0 Å². The molecular formula is C22H20FN3O3. The number of nitrogens with one attached hydrogen (secondary N) is 1. The maximum Gasteiger partial charge on any atom is 0.259 e. The Morgan fingerprint density at radius 2 is 2.03 bits per heavy atom. The SMILES string of the molecule is Cc1noc2nc(-c3ccc(F)cc3)cc(C(=O)N[C@@H](C)CCc3ccco3)c12. The summed E-state index contributed by atoms with van der Waals surface area (Å²) in [5, 5.41) is 7.54. The van der Waals surface area contributed by atoms with Gasteiger partial charge in [-0.15, -0.1) is 0 Å². The molecule has 3 heterocycles. The summed E-state index contributed by atoms with van der Waals surface area (Å²) in [5.41, 5.74) is 2.49. The molecule has 1 amide bonds. The molecule has 0 aliphatic carbocycles. The second kappa shape index (κ2) is 7.87. The van der Waals surface area contributed by atoms with Crippen LogP contribution in [0.1, 0.15) is 35.2 Å².